The summed E-state index contributed by atoms with van der Waals surface area (Å²) < 4.78 is 21.1. The fourth-order valence-corrected chi connectivity index (χ4v) is 2.28. The summed E-state index contributed by atoms with van der Waals surface area (Å²) in [5.74, 6) is -0.246. The Morgan fingerprint density at radius 1 is 1.25 bits per heavy atom. The summed E-state index contributed by atoms with van der Waals surface area (Å²) in [6.07, 6.45) is -1.21. The lowest BCUT2D eigenvalue weighted by atomic mass is 10.2. The molecule has 0 aliphatic rings. The van der Waals surface area contributed by atoms with Gasteiger partial charge in [0.05, 0.1) is 23.9 Å². The highest BCUT2D eigenvalue weighted by Crippen LogP contribution is 2.30. The van der Waals surface area contributed by atoms with E-state index in [-0.39, 0.29) is 12.2 Å². The zero-order valence-corrected chi connectivity index (χ0v) is 15.9. The largest absolute Gasteiger partial charge is 0.493 e. The summed E-state index contributed by atoms with van der Waals surface area (Å²) in [4.78, 5) is 34.5. The molecule has 1 aromatic heterocycles. The molecule has 2 aromatic rings. The maximum atomic E-state index is 12.2. The van der Waals surface area contributed by atoms with Crippen LogP contribution in [0.2, 0.25) is 0 Å². The number of amides is 3. The second-order valence-electron chi connectivity index (χ2n) is 5.86. The topological polar surface area (TPSA) is 143 Å². The number of imide groups is 1. The van der Waals surface area contributed by atoms with Crippen molar-refractivity contribution < 1.29 is 33.1 Å². The molecular weight excluding hydrogens is 370 g/mol. The summed E-state index contributed by atoms with van der Waals surface area (Å²) in [6, 6.07) is 3.40. The van der Waals surface area contributed by atoms with E-state index in [0.29, 0.717) is 17.3 Å². The third-order valence-electron chi connectivity index (χ3n) is 3.85. The molecule has 3 N–H and O–H groups in total. The van der Waals surface area contributed by atoms with Crippen LogP contribution in [0, 0.1) is 13.8 Å². The first kappa shape index (κ1) is 20.7. The number of hydrogen-bond donors (Lipinski definition) is 2. The Labute approximate surface area is 160 Å². The predicted octanol–water partition coefficient (Wildman–Crippen LogP) is 1.62. The van der Waals surface area contributed by atoms with Crippen LogP contribution in [0.4, 0.5) is 4.79 Å². The third-order valence-corrected chi connectivity index (χ3v) is 3.85. The van der Waals surface area contributed by atoms with E-state index >= 15 is 0 Å². The van der Waals surface area contributed by atoms with Crippen molar-refractivity contribution in [3.8, 4) is 11.5 Å². The van der Waals surface area contributed by atoms with Gasteiger partial charge >= 0.3 is 12.0 Å². The maximum absolute atomic E-state index is 12.2. The minimum Gasteiger partial charge on any atom is -0.493 e. The van der Waals surface area contributed by atoms with Crippen LogP contribution in [0.15, 0.2) is 22.7 Å². The number of primary amides is 1. The highest BCUT2D eigenvalue weighted by molar-refractivity contribution is 5.98. The fraction of sp³-hybridized carbons (Fsp3) is 0.333. The van der Waals surface area contributed by atoms with Crippen LogP contribution in [-0.4, -0.2) is 36.3 Å². The number of rotatable bonds is 7. The second kappa shape index (κ2) is 8.89. The number of esters is 1. The molecule has 1 aromatic carbocycles. The highest BCUT2D eigenvalue weighted by atomic mass is 16.5. The van der Waals surface area contributed by atoms with Crippen LogP contribution in [0.1, 0.15) is 34.3 Å². The molecule has 0 saturated carbocycles. The van der Waals surface area contributed by atoms with Gasteiger partial charge < -0.3 is 24.5 Å². The minimum absolute atomic E-state index is 0.139. The van der Waals surface area contributed by atoms with Gasteiger partial charge in [0.15, 0.2) is 17.6 Å². The normalized spacial score (nSPS) is 11.4. The smallest absolute Gasteiger partial charge is 0.339 e. The SMILES string of the molecule is COc1cc(C(=O)O[C@H](C)C(=O)NC(N)=O)ccc1OCc1c(C)noc1C. The van der Waals surface area contributed by atoms with Crippen molar-refractivity contribution in [2.24, 2.45) is 5.73 Å². The Balaban J connectivity index is 2.08. The van der Waals surface area contributed by atoms with Crippen LogP contribution in [0.3, 0.4) is 0 Å². The van der Waals surface area contributed by atoms with Crippen LogP contribution in [0.25, 0.3) is 0 Å². The quantitative estimate of drug-likeness (QED) is 0.678. The van der Waals surface area contributed by atoms with Crippen LogP contribution in [-0.2, 0) is 16.1 Å². The molecule has 28 heavy (non-hydrogen) atoms. The molecule has 3 amide bonds. The number of nitrogens with zero attached hydrogens (tertiary/aromatic N) is 1. The van der Waals surface area contributed by atoms with Crippen LogP contribution in [0.5, 0.6) is 11.5 Å². The van der Waals surface area contributed by atoms with Crippen LogP contribution >= 0.6 is 0 Å². The molecule has 10 nitrogen and oxygen atoms in total. The molecule has 0 unspecified atom stereocenters. The van der Waals surface area contributed by atoms with Gasteiger partial charge in [-0.05, 0) is 39.0 Å². The van der Waals surface area contributed by atoms with Gasteiger partial charge in [-0.15, -0.1) is 0 Å². The summed E-state index contributed by atoms with van der Waals surface area (Å²) >= 11 is 0. The molecule has 1 heterocycles. The van der Waals surface area contributed by atoms with Crippen molar-refractivity contribution in [1.29, 1.82) is 0 Å². The van der Waals surface area contributed by atoms with E-state index in [1.54, 1.807) is 19.9 Å². The van der Waals surface area contributed by atoms with Gasteiger partial charge in [0.2, 0.25) is 0 Å². The summed E-state index contributed by atoms with van der Waals surface area (Å²) in [6.45, 7) is 5.12. The van der Waals surface area contributed by atoms with E-state index < -0.39 is 24.0 Å². The summed E-state index contributed by atoms with van der Waals surface area (Å²) in [5, 5.41) is 5.69. The number of aromatic nitrogens is 1. The number of benzene rings is 1. The number of methoxy groups -OCH3 is 1. The molecule has 0 bridgehead atoms. The van der Waals surface area contributed by atoms with Gasteiger partial charge in [0.1, 0.15) is 12.4 Å². The van der Waals surface area contributed by atoms with Crippen molar-refractivity contribution >= 4 is 17.9 Å². The zero-order valence-electron chi connectivity index (χ0n) is 15.9. The van der Waals surface area contributed by atoms with Gasteiger partial charge in [-0.1, -0.05) is 5.16 Å². The molecule has 0 spiro atoms. The molecular formula is C18H21N3O7. The molecule has 150 valence electrons. The van der Waals surface area contributed by atoms with Crippen molar-refractivity contribution in [3.05, 3.63) is 40.8 Å². The lowest BCUT2D eigenvalue weighted by Crippen LogP contribution is -2.42. The van der Waals surface area contributed by atoms with E-state index in [1.165, 1.54) is 26.2 Å². The van der Waals surface area contributed by atoms with Crippen molar-refractivity contribution in [1.82, 2.24) is 10.5 Å². The molecule has 10 heteroatoms. The van der Waals surface area contributed by atoms with E-state index in [2.05, 4.69) is 5.16 Å². The van der Waals surface area contributed by atoms with Gasteiger partial charge in [-0.3, -0.25) is 10.1 Å². The summed E-state index contributed by atoms with van der Waals surface area (Å²) in [5.41, 5.74) is 6.54. The number of hydrogen-bond acceptors (Lipinski definition) is 8. The Bertz CT molecular complexity index is 872. The molecule has 0 saturated heterocycles. The number of ether oxygens (including phenoxy) is 3. The van der Waals surface area contributed by atoms with Gasteiger partial charge in [0.25, 0.3) is 5.91 Å². The molecule has 0 fully saturated rings. The minimum atomic E-state index is -1.21. The van der Waals surface area contributed by atoms with Gasteiger partial charge in [-0.25, -0.2) is 9.59 Å². The van der Waals surface area contributed by atoms with E-state index in [1.807, 2.05) is 5.32 Å². The van der Waals surface area contributed by atoms with Gasteiger partial charge in [0, 0.05) is 0 Å². The maximum Gasteiger partial charge on any atom is 0.339 e. The lowest BCUT2D eigenvalue weighted by molar-refractivity contribution is -0.127. The average Bonchev–Trinajstić information content (AvgIpc) is 2.97. The molecule has 2 rings (SSSR count). The van der Waals surface area contributed by atoms with E-state index in [4.69, 9.17) is 24.5 Å². The predicted molar refractivity (Wildman–Crippen MR) is 95.9 cm³/mol. The molecule has 0 radical (unpaired) electrons. The molecule has 0 aliphatic heterocycles. The zero-order chi connectivity index (χ0) is 20.8. The monoisotopic (exact) mass is 391 g/mol. The lowest BCUT2D eigenvalue weighted by Gasteiger charge is -2.14. The number of carbonyl (C=O) groups excluding carboxylic acids is 3. The first-order valence-electron chi connectivity index (χ1n) is 8.26. The van der Waals surface area contributed by atoms with Crippen molar-refractivity contribution in [2.75, 3.05) is 7.11 Å². The summed E-state index contributed by atoms with van der Waals surface area (Å²) in [7, 11) is 1.43. The Kier molecular flexibility index (Phi) is 6.59. The van der Waals surface area contributed by atoms with E-state index in [9.17, 15) is 14.4 Å². The number of nitrogens with one attached hydrogen (secondary N) is 1. The van der Waals surface area contributed by atoms with Gasteiger partial charge in [-0.2, -0.15) is 0 Å². The Morgan fingerprint density at radius 3 is 2.54 bits per heavy atom. The average molecular weight is 391 g/mol. The second-order valence-corrected chi connectivity index (χ2v) is 5.86. The standard InChI is InChI=1S/C18H21N3O7/c1-9-13(10(2)28-21-9)8-26-14-6-5-12(7-15(14)25-4)17(23)27-11(3)16(22)20-18(19)24/h5-7,11H,8H2,1-4H3,(H3,19,20,22,24)/t11-/m1/s1. The van der Waals surface area contributed by atoms with E-state index in [0.717, 1.165) is 11.3 Å². The number of nitrogens with two attached hydrogens (primary N) is 1. The highest BCUT2D eigenvalue weighted by Gasteiger charge is 2.21. The number of aryl methyl sites for hydroxylation is 2. The fourth-order valence-electron chi connectivity index (χ4n) is 2.28. The first-order valence-corrected chi connectivity index (χ1v) is 8.26. The Morgan fingerprint density at radius 2 is 1.96 bits per heavy atom. The van der Waals surface area contributed by atoms with Crippen molar-refractivity contribution in [3.63, 3.8) is 0 Å². The number of carbonyl (C=O) groups is 3. The molecule has 0 aliphatic carbocycles. The molecule has 1 atom stereocenters. The third kappa shape index (κ3) is 5.00. The van der Waals surface area contributed by atoms with Crippen molar-refractivity contribution in [2.45, 2.75) is 33.5 Å². The van der Waals surface area contributed by atoms with Crippen LogP contribution < -0.4 is 20.5 Å². The number of urea groups is 1. The Hall–Kier alpha value is -3.56. The first-order chi connectivity index (χ1) is 13.2.